The maximum Gasteiger partial charge on any atom is 0.255 e. The molecule has 2 aromatic rings. The SMILES string of the molecule is COc1ccc(NC(=O)c2ccc(C)c(C)c2)cc1NC(=O)CN. The van der Waals surface area contributed by atoms with Gasteiger partial charge in [0.2, 0.25) is 5.91 Å². The van der Waals surface area contributed by atoms with Gasteiger partial charge in [0, 0.05) is 11.3 Å². The number of amides is 2. The largest absolute Gasteiger partial charge is 0.495 e. The molecule has 0 aliphatic rings. The Bertz CT molecular complexity index is 772. The number of nitrogens with two attached hydrogens (primary N) is 1. The van der Waals surface area contributed by atoms with Crippen LogP contribution in [0.2, 0.25) is 0 Å². The van der Waals surface area contributed by atoms with E-state index in [-0.39, 0.29) is 18.4 Å². The molecule has 0 fully saturated rings. The zero-order valence-electron chi connectivity index (χ0n) is 14.0. The van der Waals surface area contributed by atoms with Crippen molar-refractivity contribution >= 4 is 23.2 Å². The number of carbonyl (C=O) groups is 2. The summed E-state index contributed by atoms with van der Waals surface area (Å²) in [6.07, 6.45) is 0. The van der Waals surface area contributed by atoms with Gasteiger partial charge in [0.25, 0.3) is 5.91 Å². The second-order valence-corrected chi connectivity index (χ2v) is 5.42. The molecule has 0 saturated carbocycles. The third-order valence-electron chi connectivity index (χ3n) is 3.69. The fourth-order valence-corrected chi connectivity index (χ4v) is 2.17. The normalized spacial score (nSPS) is 10.2. The van der Waals surface area contributed by atoms with Crippen molar-refractivity contribution in [2.75, 3.05) is 24.3 Å². The lowest BCUT2D eigenvalue weighted by molar-refractivity contribution is -0.114. The summed E-state index contributed by atoms with van der Waals surface area (Å²) in [6, 6.07) is 10.5. The summed E-state index contributed by atoms with van der Waals surface area (Å²) < 4.78 is 5.20. The topological polar surface area (TPSA) is 93.5 Å². The predicted molar refractivity (Wildman–Crippen MR) is 94.5 cm³/mol. The van der Waals surface area contributed by atoms with Gasteiger partial charge >= 0.3 is 0 Å². The Hall–Kier alpha value is -2.86. The number of anilines is 2. The van der Waals surface area contributed by atoms with Gasteiger partial charge in [0.15, 0.2) is 0 Å². The van der Waals surface area contributed by atoms with Crippen LogP contribution in [0.5, 0.6) is 5.75 Å². The molecule has 0 radical (unpaired) electrons. The summed E-state index contributed by atoms with van der Waals surface area (Å²) in [4.78, 5) is 23.9. The first-order valence-corrected chi connectivity index (χ1v) is 7.51. The number of hydrogen-bond donors (Lipinski definition) is 3. The highest BCUT2D eigenvalue weighted by Gasteiger charge is 2.11. The molecule has 0 unspecified atom stereocenters. The van der Waals surface area contributed by atoms with Gasteiger partial charge in [-0.3, -0.25) is 9.59 Å². The Labute approximate surface area is 141 Å². The number of rotatable bonds is 5. The van der Waals surface area contributed by atoms with Crippen LogP contribution in [0.3, 0.4) is 0 Å². The second-order valence-electron chi connectivity index (χ2n) is 5.42. The number of aryl methyl sites for hydroxylation is 2. The summed E-state index contributed by atoms with van der Waals surface area (Å²) in [5.41, 5.74) is 9.06. The molecule has 0 heterocycles. The van der Waals surface area contributed by atoms with Crippen molar-refractivity contribution in [1.29, 1.82) is 0 Å². The molecule has 2 rings (SSSR count). The highest BCUT2D eigenvalue weighted by atomic mass is 16.5. The molecular formula is C18H21N3O3. The summed E-state index contributed by atoms with van der Waals surface area (Å²) in [5, 5.41) is 5.45. The van der Waals surface area contributed by atoms with Gasteiger partial charge in [-0.05, 0) is 55.3 Å². The minimum Gasteiger partial charge on any atom is -0.495 e. The standard InChI is InChI=1S/C18H21N3O3/c1-11-4-5-13(8-12(11)2)18(23)20-14-6-7-16(24-3)15(9-14)21-17(22)10-19/h4-9H,10,19H2,1-3H3,(H,20,23)(H,21,22). The summed E-state index contributed by atoms with van der Waals surface area (Å²) in [7, 11) is 1.50. The zero-order chi connectivity index (χ0) is 17.7. The quantitative estimate of drug-likeness (QED) is 0.786. The van der Waals surface area contributed by atoms with Gasteiger partial charge in [-0.1, -0.05) is 6.07 Å². The van der Waals surface area contributed by atoms with E-state index in [0.717, 1.165) is 11.1 Å². The van der Waals surface area contributed by atoms with E-state index in [2.05, 4.69) is 10.6 Å². The molecule has 126 valence electrons. The van der Waals surface area contributed by atoms with Crippen LogP contribution in [0.25, 0.3) is 0 Å². The minimum atomic E-state index is -0.342. The first-order chi connectivity index (χ1) is 11.4. The molecule has 6 nitrogen and oxygen atoms in total. The number of hydrogen-bond acceptors (Lipinski definition) is 4. The molecule has 0 aliphatic heterocycles. The molecule has 0 atom stereocenters. The first kappa shape index (κ1) is 17.5. The number of carbonyl (C=O) groups excluding carboxylic acids is 2. The van der Waals surface area contributed by atoms with Crippen LogP contribution in [-0.2, 0) is 4.79 Å². The maximum absolute atomic E-state index is 12.4. The van der Waals surface area contributed by atoms with Crippen LogP contribution < -0.4 is 21.1 Å². The van der Waals surface area contributed by atoms with Crippen LogP contribution in [0, 0.1) is 13.8 Å². The third kappa shape index (κ3) is 4.11. The molecule has 6 heteroatoms. The molecule has 24 heavy (non-hydrogen) atoms. The second kappa shape index (κ2) is 7.61. The smallest absolute Gasteiger partial charge is 0.255 e. The first-order valence-electron chi connectivity index (χ1n) is 7.51. The number of ether oxygens (including phenoxy) is 1. The van der Waals surface area contributed by atoms with Crippen LogP contribution in [0.1, 0.15) is 21.5 Å². The highest BCUT2D eigenvalue weighted by molar-refractivity contribution is 6.05. The van der Waals surface area contributed by atoms with Gasteiger partial charge in [0.05, 0.1) is 19.3 Å². The predicted octanol–water partition coefficient (Wildman–Crippen LogP) is 2.46. The van der Waals surface area contributed by atoms with E-state index in [0.29, 0.717) is 22.7 Å². The average Bonchev–Trinajstić information content (AvgIpc) is 2.57. The fraction of sp³-hybridized carbons (Fsp3) is 0.222. The Morgan fingerprint density at radius 3 is 2.42 bits per heavy atom. The van der Waals surface area contributed by atoms with Crippen LogP contribution >= 0.6 is 0 Å². The Morgan fingerprint density at radius 1 is 1.04 bits per heavy atom. The van der Waals surface area contributed by atoms with Crippen molar-refractivity contribution in [3.63, 3.8) is 0 Å². The lowest BCUT2D eigenvalue weighted by Crippen LogP contribution is -2.22. The molecule has 2 amide bonds. The molecule has 2 aromatic carbocycles. The molecule has 0 aliphatic carbocycles. The van der Waals surface area contributed by atoms with Crippen molar-refractivity contribution < 1.29 is 14.3 Å². The highest BCUT2D eigenvalue weighted by Crippen LogP contribution is 2.28. The number of nitrogens with one attached hydrogen (secondary N) is 2. The minimum absolute atomic E-state index is 0.137. The van der Waals surface area contributed by atoms with Gasteiger partial charge in [-0.25, -0.2) is 0 Å². The van der Waals surface area contributed by atoms with Gasteiger partial charge in [-0.15, -0.1) is 0 Å². The molecule has 0 bridgehead atoms. The van der Waals surface area contributed by atoms with E-state index in [1.807, 2.05) is 26.0 Å². The number of benzene rings is 2. The van der Waals surface area contributed by atoms with Gasteiger partial charge in [-0.2, -0.15) is 0 Å². The zero-order valence-corrected chi connectivity index (χ0v) is 14.0. The number of methoxy groups -OCH3 is 1. The van der Waals surface area contributed by atoms with Crippen molar-refractivity contribution in [3.8, 4) is 5.75 Å². The monoisotopic (exact) mass is 327 g/mol. The fourth-order valence-electron chi connectivity index (χ4n) is 2.17. The lowest BCUT2D eigenvalue weighted by Gasteiger charge is -2.13. The molecule has 0 aromatic heterocycles. The summed E-state index contributed by atoms with van der Waals surface area (Å²) >= 11 is 0. The lowest BCUT2D eigenvalue weighted by atomic mass is 10.1. The van der Waals surface area contributed by atoms with Crippen LogP contribution in [-0.4, -0.2) is 25.5 Å². The summed E-state index contributed by atoms with van der Waals surface area (Å²) in [5.74, 6) is -0.0775. The van der Waals surface area contributed by atoms with Crippen molar-refractivity contribution in [2.45, 2.75) is 13.8 Å². The Kier molecular flexibility index (Phi) is 5.55. The van der Waals surface area contributed by atoms with Crippen molar-refractivity contribution in [1.82, 2.24) is 0 Å². The van der Waals surface area contributed by atoms with Crippen LogP contribution in [0.4, 0.5) is 11.4 Å². The molecule has 0 saturated heterocycles. The van der Waals surface area contributed by atoms with E-state index in [1.165, 1.54) is 7.11 Å². The molecular weight excluding hydrogens is 306 g/mol. The van der Waals surface area contributed by atoms with E-state index in [1.54, 1.807) is 24.3 Å². The Balaban J connectivity index is 2.22. The Morgan fingerprint density at radius 2 is 1.79 bits per heavy atom. The van der Waals surface area contributed by atoms with E-state index >= 15 is 0 Å². The summed E-state index contributed by atoms with van der Waals surface area (Å²) in [6.45, 7) is 3.81. The average molecular weight is 327 g/mol. The molecule has 4 N–H and O–H groups in total. The molecule has 0 spiro atoms. The van der Waals surface area contributed by atoms with E-state index in [4.69, 9.17) is 10.5 Å². The van der Waals surface area contributed by atoms with Crippen molar-refractivity contribution in [2.24, 2.45) is 5.73 Å². The third-order valence-corrected chi connectivity index (χ3v) is 3.69. The van der Waals surface area contributed by atoms with Gasteiger partial charge < -0.3 is 21.1 Å². The van der Waals surface area contributed by atoms with E-state index < -0.39 is 0 Å². The van der Waals surface area contributed by atoms with Gasteiger partial charge in [0.1, 0.15) is 5.75 Å². The van der Waals surface area contributed by atoms with Crippen LogP contribution in [0.15, 0.2) is 36.4 Å². The maximum atomic E-state index is 12.4. The van der Waals surface area contributed by atoms with E-state index in [9.17, 15) is 9.59 Å². The van der Waals surface area contributed by atoms with Crippen molar-refractivity contribution in [3.05, 3.63) is 53.1 Å².